The number of amides is 1. The number of hydrogen-bond donors (Lipinski definition) is 1. The van der Waals surface area contributed by atoms with Gasteiger partial charge in [0.2, 0.25) is 5.91 Å². The molecule has 0 saturated carbocycles. The third kappa shape index (κ3) is 5.71. The highest BCUT2D eigenvalue weighted by Crippen LogP contribution is 2.29. The summed E-state index contributed by atoms with van der Waals surface area (Å²) in [5, 5.41) is 12.2. The van der Waals surface area contributed by atoms with Crippen LogP contribution in [0.2, 0.25) is 0 Å². The van der Waals surface area contributed by atoms with Crippen LogP contribution in [0.1, 0.15) is 24.3 Å². The van der Waals surface area contributed by atoms with Gasteiger partial charge in [0.1, 0.15) is 22.6 Å². The average molecular weight is 409 g/mol. The number of hydrogen-bond acceptors (Lipinski definition) is 5. The number of benzene rings is 2. The molecule has 1 aromatic heterocycles. The molecule has 0 fully saturated rings. The monoisotopic (exact) mass is 408 g/mol. The van der Waals surface area contributed by atoms with Crippen molar-refractivity contribution >= 4 is 23.4 Å². The molecule has 1 atom stereocenters. The molecule has 3 rings (SSSR count). The van der Waals surface area contributed by atoms with Gasteiger partial charge in [0, 0.05) is 5.69 Å². The molecule has 2 aromatic carbocycles. The lowest BCUT2D eigenvalue weighted by Crippen LogP contribution is -2.15. The highest BCUT2D eigenvalue weighted by Gasteiger charge is 2.21. The minimum absolute atomic E-state index is 0.0900. The van der Waals surface area contributed by atoms with Crippen LogP contribution in [0.25, 0.3) is 0 Å². The first kappa shape index (κ1) is 20.7. The SMILES string of the molecule is C=CCn1nnc(C(C)Oc2ccccc2)c1SCC(=O)Nc1ccc(C)cc1. The van der Waals surface area contributed by atoms with E-state index < -0.39 is 0 Å². The number of carbonyl (C=O) groups excluding carboxylic acids is 1. The van der Waals surface area contributed by atoms with E-state index in [1.165, 1.54) is 11.8 Å². The van der Waals surface area contributed by atoms with E-state index in [2.05, 4.69) is 22.2 Å². The van der Waals surface area contributed by atoms with E-state index in [9.17, 15) is 4.79 Å². The van der Waals surface area contributed by atoms with Gasteiger partial charge < -0.3 is 10.1 Å². The van der Waals surface area contributed by atoms with Crippen molar-refractivity contribution in [3.63, 3.8) is 0 Å². The second-order valence-corrected chi connectivity index (χ2v) is 7.49. The van der Waals surface area contributed by atoms with Gasteiger partial charge in [0.15, 0.2) is 0 Å². The fourth-order valence-corrected chi connectivity index (χ4v) is 3.64. The molecule has 6 nitrogen and oxygen atoms in total. The summed E-state index contributed by atoms with van der Waals surface area (Å²) in [6.07, 6.45) is 1.44. The number of para-hydroxylation sites is 1. The lowest BCUT2D eigenvalue weighted by molar-refractivity contribution is -0.113. The molecule has 0 aliphatic rings. The van der Waals surface area contributed by atoms with E-state index in [4.69, 9.17) is 4.74 Å². The van der Waals surface area contributed by atoms with Gasteiger partial charge in [-0.25, -0.2) is 4.68 Å². The third-order valence-corrected chi connectivity index (χ3v) is 5.23. The van der Waals surface area contributed by atoms with E-state index in [0.29, 0.717) is 12.2 Å². The summed E-state index contributed by atoms with van der Waals surface area (Å²) in [6, 6.07) is 17.3. The van der Waals surface area contributed by atoms with Gasteiger partial charge in [-0.15, -0.1) is 11.7 Å². The van der Waals surface area contributed by atoms with Gasteiger partial charge >= 0.3 is 0 Å². The maximum Gasteiger partial charge on any atom is 0.234 e. The molecule has 1 heterocycles. The summed E-state index contributed by atoms with van der Waals surface area (Å²) in [5.74, 6) is 0.905. The molecule has 1 N–H and O–H groups in total. The Labute approximate surface area is 175 Å². The highest BCUT2D eigenvalue weighted by molar-refractivity contribution is 8.00. The van der Waals surface area contributed by atoms with Gasteiger partial charge in [-0.3, -0.25) is 4.79 Å². The Morgan fingerprint density at radius 2 is 1.97 bits per heavy atom. The number of carbonyl (C=O) groups is 1. The molecule has 0 aliphatic heterocycles. The van der Waals surface area contributed by atoms with E-state index in [1.54, 1.807) is 10.8 Å². The topological polar surface area (TPSA) is 69.0 Å². The van der Waals surface area contributed by atoms with Crippen molar-refractivity contribution in [1.29, 1.82) is 0 Å². The Bertz CT molecular complexity index is 955. The maximum absolute atomic E-state index is 12.4. The molecular weight excluding hydrogens is 384 g/mol. The van der Waals surface area contributed by atoms with E-state index in [1.807, 2.05) is 68.4 Å². The zero-order chi connectivity index (χ0) is 20.6. The van der Waals surface area contributed by atoms with Crippen LogP contribution in [0.15, 0.2) is 72.3 Å². The quantitative estimate of drug-likeness (QED) is 0.412. The molecular formula is C22H24N4O2S. The smallest absolute Gasteiger partial charge is 0.234 e. The van der Waals surface area contributed by atoms with Gasteiger partial charge in [-0.2, -0.15) is 0 Å². The Balaban J connectivity index is 1.69. The van der Waals surface area contributed by atoms with Crippen molar-refractivity contribution in [2.45, 2.75) is 31.5 Å². The average Bonchev–Trinajstić information content (AvgIpc) is 3.12. The normalized spacial score (nSPS) is 11.7. The molecule has 1 amide bonds. The molecule has 29 heavy (non-hydrogen) atoms. The Hall–Kier alpha value is -3.06. The van der Waals surface area contributed by atoms with Crippen molar-refractivity contribution in [3.8, 4) is 5.75 Å². The molecule has 0 saturated heterocycles. The van der Waals surface area contributed by atoms with Gasteiger partial charge in [-0.1, -0.05) is 58.9 Å². The van der Waals surface area contributed by atoms with Crippen LogP contribution in [-0.2, 0) is 11.3 Å². The zero-order valence-corrected chi connectivity index (χ0v) is 17.4. The highest BCUT2D eigenvalue weighted by atomic mass is 32.2. The molecule has 0 aliphatic carbocycles. The van der Waals surface area contributed by atoms with Crippen molar-refractivity contribution in [1.82, 2.24) is 15.0 Å². The summed E-state index contributed by atoms with van der Waals surface area (Å²) >= 11 is 1.39. The number of nitrogens with zero attached hydrogens (tertiary/aromatic N) is 3. The van der Waals surface area contributed by atoms with Gasteiger partial charge in [-0.05, 0) is 38.1 Å². The fourth-order valence-electron chi connectivity index (χ4n) is 2.69. The number of ether oxygens (including phenoxy) is 1. The number of nitrogens with one attached hydrogen (secondary N) is 1. The van der Waals surface area contributed by atoms with Crippen molar-refractivity contribution in [2.24, 2.45) is 0 Å². The Morgan fingerprint density at radius 3 is 2.66 bits per heavy atom. The first-order valence-electron chi connectivity index (χ1n) is 9.32. The van der Waals surface area contributed by atoms with Crippen LogP contribution >= 0.6 is 11.8 Å². The molecule has 7 heteroatoms. The van der Waals surface area contributed by atoms with Crippen LogP contribution in [0.4, 0.5) is 5.69 Å². The predicted octanol–water partition coefficient (Wildman–Crippen LogP) is 4.64. The maximum atomic E-state index is 12.4. The second-order valence-electron chi connectivity index (χ2n) is 6.53. The van der Waals surface area contributed by atoms with Crippen LogP contribution in [-0.4, -0.2) is 26.7 Å². The molecule has 0 radical (unpaired) electrons. The summed E-state index contributed by atoms with van der Waals surface area (Å²) in [4.78, 5) is 12.4. The Kier molecular flexibility index (Phi) is 7.08. The van der Waals surface area contributed by atoms with Gasteiger partial charge in [0.25, 0.3) is 0 Å². The number of aromatic nitrogens is 3. The van der Waals surface area contributed by atoms with Crippen molar-refractivity contribution in [2.75, 3.05) is 11.1 Å². The van der Waals surface area contributed by atoms with Crippen LogP contribution in [0.5, 0.6) is 5.75 Å². The molecule has 3 aromatic rings. The van der Waals surface area contributed by atoms with E-state index in [-0.39, 0.29) is 17.8 Å². The first-order valence-corrected chi connectivity index (χ1v) is 10.3. The van der Waals surface area contributed by atoms with E-state index in [0.717, 1.165) is 22.0 Å². The number of anilines is 1. The number of thioether (sulfide) groups is 1. The fraction of sp³-hybridized carbons (Fsp3) is 0.227. The van der Waals surface area contributed by atoms with Gasteiger partial charge in [0.05, 0.1) is 12.3 Å². The summed E-state index contributed by atoms with van der Waals surface area (Å²) < 4.78 is 7.72. The lowest BCUT2D eigenvalue weighted by Gasteiger charge is -2.14. The van der Waals surface area contributed by atoms with Crippen LogP contribution < -0.4 is 10.1 Å². The second kappa shape index (κ2) is 9.93. The van der Waals surface area contributed by atoms with E-state index >= 15 is 0 Å². The molecule has 0 bridgehead atoms. The predicted molar refractivity (Wildman–Crippen MR) is 116 cm³/mol. The lowest BCUT2D eigenvalue weighted by atomic mass is 10.2. The third-order valence-electron chi connectivity index (χ3n) is 4.13. The first-order chi connectivity index (χ1) is 14.1. The largest absolute Gasteiger partial charge is 0.484 e. The molecule has 1 unspecified atom stereocenters. The van der Waals surface area contributed by atoms with Crippen LogP contribution in [0, 0.1) is 6.92 Å². The van der Waals surface area contributed by atoms with Crippen molar-refractivity contribution in [3.05, 3.63) is 78.5 Å². The minimum atomic E-state index is -0.307. The zero-order valence-electron chi connectivity index (χ0n) is 16.5. The molecule has 0 spiro atoms. The van der Waals surface area contributed by atoms with Crippen molar-refractivity contribution < 1.29 is 9.53 Å². The number of aryl methyl sites for hydroxylation is 1. The molecule has 150 valence electrons. The minimum Gasteiger partial charge on any atom is -0.484 e. The number of rotatable bonds is 9. The summed E-state index contributed by atoms with van der Waals surface area (Å²) in [5.41, 5.74) is 2.62. The summed E-state index contributed by atoms with van der Waals surface area (Å²) in [6.45, 7) is 8.21. The number of allylic oxidation sites excluding steroid dienone is 1. The summed E-state index contributed by atoms with van der Waals surface area (Å²) in [7, 11) is 0. The Morgan fingerprint density at radius 1 is 1.24 bits per heavy atom. The van der Waals surface area contributed by atoms with Crippen LogP contribution in [0.3, 0.4) is 0 Å². The standard InChI is InChI=1S/C22H24N4O2S/c1-4-14-26-22(29-15-20(27)23-18-12-10-16(2)11-13-18)21(24-25-26)17(3)28-19-8-6-5-7-9-19/h4-13,17H,1,14-15H2,2-3H3,(H,23,27).